The molecule has 0 aromatic carbocycles. The molecular formula is C32H58CaO14S2. The minimum Gasteiger partial charge on any atom is -0.747 e. The van der Waals surface area contributed by atoms with Crippen LogP contribution in [0.3, 0.4) is 0 Å². The predicted octanol–water partition coefficient (Wildman–Crippen LogP) is 4.31. The van der Waals surface area contributed by atoms with E-state index in [4.69, 9.17) is 19.1 Å². The van der Waals surface area contributed by atoms with E-state index in [2.05, 4.69) is 13.8 Å². The zero-order valence-electron chi connectivity index (χ0n) is 29.4. The number of ether oxygens (including phenoxy) is 2. The molecule has 0 radical (unpaired) electrons. The van der Waals surface area contributed by atoms with Gasteiger partial charge in [-0.1, -0.05) is 129 Å². The summed E-state index contributed by atoms with van der Waals surface area (Å²) < 4.78 is 72.0. The van der Waals surface area contributed by atoms with Crippen LogP contribution in [-0.2, 0) is 48.9 Å². The maximum Gasteiger partial charge on any atom is 2.00 e. The first-order valence-electron chi connectivity index (χ1n) is 17.2. The first kappa shape index (κ1) is 52.3. The summed E-state index contributed by atoms with van der Waals surface area (Å²) in [6.45, 7) is 4.60. The number of carbonyl (C=O) groups excluding carboxylic acids is 3. The van der Waals surface area contributed by atoms with E-state index in [9.17, 15) is 45.7 Å². The van der Waals surface area contributed by atoms with Crippen molar-refractivity contribution in [3.05, 3.63) is 0 Å². The Kier molecular flexibility index (Phi) is 35.1. The van der Waals surface area contributed by atoms with Crippen LogP contribution < -0.4 is 5.11 Å². The average Bonchev–Trinajstić information content (AvgIpc) is 2.99. The summed E-state index contributed by atoms with van der Waals surface area (Å²) in [5.41, 5.74) is 0. The van der Waals surface area contributed by atoms with Gasteiger partial charge in [-0.15, -0.1) is 0 Å². The van der Waals surface area contributed by atoms with Crippen LogP contribution in [0.25, 0.3) is 0 Å². The Hall–Kier alpha value is -1.04. The van der Waals surface area contributed by atoms with Crippen molar-refractivity contribution in [2.75, 3.05) is 13.2 Å². The molecular weight excluding hydrogens is 713 g/mol. The number of carboxylic acids is 2. The monoisotopic (exact) mass is 770 g/mol. The largest absolute Gasteiger partial charge is 2.00 e. The Morgan fingerprint density at radius 1 is 0.571 bits per heavy atom. The molecule has 49 heavy (non-hydrogen) atoms. The molecule has 0 saturated carbocycles. The van der Waals surface area contributed by atoms with Crippen molar-refractivity contribution in [3.8, 4) is 0 Å². The van der Waals surface area contributed by atoms with Crippen molar-refractivity contribution in [1.82, 2.24) is 0 Å². The van der Waals surface area contributed by atoms with Gasteiger partial charge in [0.25, 0.3) is 10.1 Å². The Bertz CT molecular complexity index is 1010. The fraction of sp³-hybridized carbons (Fsp3) is 0.875. The third-order valence-corrected chi connectivity index (χ3v) is 9.62. The van der Waals surface area contributed by atoms with Gasteiger partial charge in [0.05, 0.1) is 37.3 Å². The number of carbonyl (C=O) groups is 4. The van der Waals surface area contributed by atoms with Gasteiger partial charge in [-0.3, -0.25) is 18.9 Å². The smallest absolute Gasteiger partial charge is 0.747 e. The molecule has 0 rings (SSSR count). The summed E-state index contributed by atoms with van der Waals surface area (Å²) in [6.07, 6.45) is 20.6. The molecule has 0 spiro atoms. The maximum absolute atomic E-state index is 11.4. The van der Waals surface area contributed by atoms with E-state index in [0.29, 0.717) is 12.8 Å². The van der Waals surface area contributed by atoms with Crippen LogP contribution in [0.4, 0.5) is 0 Å². The van der Waals surface area contributed by atoms with Crippen LogP contribution in [0.2, 0.25) is 0 Å². The normalized spacial score (nSPS) is 12.5. The number of esters is 2. The first-order valence-corrected chi connectivity index (χ1v) is 20.2. The molecule has 0 amide bonds. The van der Waals surface area contributed by atoms with Crippen LogP contribution in [0, 0.1) is 0 Å². The topological polar surface area (TPSA) is 242 Å². The number of hydrogen-bond acceptors (Lipinski definition) is 12. The van der Waals surface area contributed by atoms with E-state index in [1.165, 1.54) is 77.0 Å². The Morgan fingerprint density at radius 2 is 0.857 bits per heavy atom. The van der Waals surface area contributed by atoms with Crippen molar-refractivity contribution < 1.29 is 64.8 Å². The quantitative estimate of drug-likeness (QED) is 0.0448. The fourth-order valence-corrected chi connectivity index (χ4v) is 5.77. The predicted molar refractivity (Wildman–Crippen MR) is 182 cm³/mol. The molecule has 0 aliphatic rings. The molecule has 2 unspecified atom stereocenters. The zero-order chi connectivity index (χ0) is 36.8. The Balaban J connectivity index is -0.000000846. The van der Waals surface area contributed by atoms with E-state index in [1.54, 1.807) is 0 Å². The number of carboxylic acid groups (broad SMARTS) is 2. The first-order chi connectivity index (χ1) is 22.6. The molecule has 0 aliphatic carbocycles. The molecule has 14 nitrogen and oxygen atoms in total. The van der Waals surface area contributed by atoms with Crippen LogP contribution in [0.1, 0.15) is 155 Å². The number of aliphatic carboxylic acids is 2. The van der Waals surface area contributed by atoms with Gasteiger partial charge in [-0.05, 0) is 12.8 Å². The van der Waals surface area contributed by atoms with Crippen molar-refractivity contribution >= 4 is 81.9 Å². The minimum atomic E-state index is -5.13. The van der Waals surface area contributed by atoms with E-state index >= 15 is 0 Å². The SMILES string of the molecule is CCCCCCCCCCCCOC(=O)CC(C(=O)O)S(=O)(=O)O.CCCCCCCCCCCCOC(=O)CC(C(=O)[O-])S(=O)(=O)[O-].[Ca+2]. The van der Waals surface area contributed by atoms with Gasteiger partial charge in [-0.2, -0.15) is 8.42 Å². The van der Waals surface area contributed by atoms with Crippen LogP contribution in [-0.4, -0.2) is 116 Å². The van der Waals surface area contributed by atoms with Gasteiger partial charge in [0.1, 0.15) is 10.1 Å². The fourth-order valence-electron chi connectivity index (χ4n) is 4.59. The van der Waals surface area contributed by atoms with Gasteiger partial charge >= 0.3 is 55.6 Å². The van der Waals surface area contributed by atoms with E-state index < -0.39 is 67.5 Å². The second-order valence-electron chi connectivity index (χ2n) is 11.9. The number of rotatable bonds is 30. The van der Waals surface area contributed by atoms with Gasteiger partial charge in [0, 0.05) is 0 Å². The molecule has 0 fully saturated rings. The number of unbranched alkanes of at least 4 members (excludes halogenated alkanes) is 18. The molecule has 0 heterocycles. The molecule has 2 atom stereocenters. The van der Waals surface area contributed by atoms with Crippen LogP contribution >= 0.6 is 0 Å². The summed E-state index contributed by atoms with van der Waals surface area (Å²) in [7, 11) is -9.94. The summed E-state index contributed by atoms with van der Waals surface area (Å²) in [5.74, 6) is -5.80. The van der Waals surface area contributed by atoms with Crippen molar-refractivity contribution in [3.63, 3.8) is 0 Å². The van der Waals surface area contributed by atoms with Crippen molar-refractivity contribution in [1.29, 1.82) is 0 Å². The standard InChI is InChI=1S/2C16H30O7S.Ca/c2*1-2-3-4-5-6-7-8-9-10-11-12-23-15(17)13-14(16(18)19)24(20,21)22;/h2*14H,2-13H2,1H3,(H,18,19)(H,20,21,22);/q;;+2/p-2. The summed E-state index contributed by atoms with van der Waals surface area (Å²) in [5, 5.41) is 14.7. The molecule has 2 N–H and O–H groups in total. The second kappa shape index (κ2) is 32.8. The zero-order valence-corrected chi connectivity index (χ0v) is 33.3. The molecule has 17 heteroatoms. The van der Waals surface area contributed by atoms with Crippen LogP contribution in [0.15, 0.2) is 0 Å². The van der Waals surface area contributed by atoms with Crippen LogP contribution in [0.5, 0.6) is 0 Å². The number of hydrogen-bond donors (Lipinski definition) is 2. The van der Waals surface area contributed by atoms with Gasteiger partial charge in [0.2, 0.25) is 0 Å². The molecule has 0 saturated heterocycles. The Labute approximate surface area is 323 Å². The molecule has 0 aliphatic heterocycles. The summed E-state index contributed by atoms with van der Waals surface area (Å²) >= 11 is 0. The minimum absolute atomic E-state index is 0. The molecule has 0 aromatic rings. The second-order valence-corrected chi connectivity index (χ2v) is 15.0. The van der Waals surface area contributed by atoms with E-state index in [-0.39, 0.29) is 51.0 Å². The third kappa shape index (κ3) is 33.8. The van der Waals surface area contributed by atoms with Crippen molar-refractivity contribution in [2.24, 2.45) is 0 Å². The summed E-state index contributed by atoms with van der Waals surface area (Å²) in [4.78, 5) is 44.0. The molecule has 0 bridgehead atoms. The Morgan fingerprint density at radius 3 is 1.10 bits per heavy atom. The van der Waals surface area contributed by atoms with Gasteiger partial charge in [-0.25, -0.2) is 8.42 Å². The third-order valence-electron chi connectivity index (χ3n) is 7.47. The molecule has 284 valence electrons. The average molecular weight is 771 g/mol. The van der Waals surface area contributed by atoms with Gasteiger partial charge in [0.15, 0.2) is 5.25 Å². The van der Waals surface area contributed by atoms with E-state index in [1.807, 2.05) is 0 Å². The van der Waals surface area contributed by atoms with Gasteiger partial charge < -0.3 is 29.0 Å². The molecule has 0 aromatic heterocycles. The maximum atomic E-state index is 11.4. The van der Waals surface area contributed by atoms with Crippen molar-refractivity contribution in [2.45, 2.75) is 166 Å². The summed E-state index contributed by atoms with van der Waals surface area (Å²) in [6, 6.07) is 0. The van der Waals surface area contributed by atoms with E-state index in [0.717, 1.165) is 38.5 Å².